The standard InChI is InChI=1S/C30H52O5/c1-7-34-27(32)35-21-13-16-29(6)25-14-15-28(5)23(20(4)10-8-9-19(2)3)11-12-24(28)22(25)17-26(31)30(29,33)18-21/h19-26,31,33H,7-18H2,1-6H3/t20-,21+,22-,23+,24-,25-,26+,28+,29-,30+/m1/s1. The fraction of sp³-hybridized carbons (Fsp3) is 0.967. The van der Waals surface area contributed by atoms with Gasteiger partial charge in [0, 0.05) is 11.8 Å². The lowest BCUT2D eigenvalue weighted by atomic mass is 9.42. The molecule has 0 radical (unpaired) electrons. The van der Waals surface area contributed by atoms with Crippen LogP contribution in [-0.2, 0) is 9.47 Å². The molecule has 5 heteroatoms. The predicted octanol–water partition coefficient (Wildman–Crippen LogP) is 6.74. The fourth-order valence-electron chi connectivity index (χ4n) is 9.66. The van der Waals surface area contributed by atoms with Crippen molar-refractivity contribution in [3.05, 3.63) is 0 Å². The van der Waals surface area contributed by atoms with E-state index in [0.717, 1.165) is 37.0 Å². The first-order chi connectivity index (χ1) is 16.5. The number of aliphatic hydroxyl groups is 2. The van der Waals surface area contributed by atoms with Gasteiger partial charge < -0.3 is 19.7 Å². The molecule has 0 bridgehead atoms. The van der Waals surface area contributed by atoms with Crippen LogP contribution in [0.25, 0.3) is 0 Å². The zero-order valence-electron chi connectivity index (χ0n) is 23.2. The van der Waals surface area contributed by atoms with E-state index in [0.29, 0.717) is 36.0 Å². The van der Waals surface area contributed by atoms with Crippen molar-refractivity contribution >= 4 is 6.16 Å². The highest BCUT2D eigenvalue weighted by molar-refractivity contribution is 5.60. The van der Waals surface area contributed by atoms with E-state index in [9.17, 15) is 15.0 Å². The average molecular weight is 493 g/mol. The third-order valence-electron chi connectivity index (χ3n) is 11.5. The highest BCUT2D eigenvalue weighted by Gasteiger charge is 2.67. The van der Waals surface area contributed by atoms with E-state index >= 15 is 0 Å². The van der Waals surface area contributed by atoms with Crippen molar-refractivity contribution in [2.24, 2.45) is 46.3 Å². The number of fused-ring (bicyclic) bond motifs is 5. The van der Waals surface area contributed by atoms with E-state index in [2.05, 4.69) is 34.6 Å². The molecule has 5 nitrogen and oxygen atoms in total. The first-order valence-electron chi connectivity index (χ1n) is 14.7. The van der Waals surface area contributed by atoms with Crippen LogP contribution in [0.15, 0.2) is 0 Å². The van der Waals surface area contributed by atoms with Gasteiger partial charge in [0.05, 0.1) is 18.3 Å². The van der Waals surface area contributed by atoms with E-state index in [1.165, 1.54) is 38.5 Å². The van der Waals surface area contributed by atoms with E-state index < -0.39 is 24.0 Å². The number of carbonyl (C=O) groups is 1. The number of carbonyl (C=O) groups excluding carboxylic acids is 1. The summed E-state index contributed by atoms with van der Waals surface area (Å²) in [5.74, 6) is 3.86. The van der Waals surface area contributed by atoms with Crippen LogP contribution >= 0.6 is 0 Å². The Balaban J connectivity index is 1.48. The van der Waals surface area contributed by atoms with Crippen molar-refractivity contribution in [1.29, 1.82) is 0 Å². The smallest absolute Gasteiger partial charge is 0.435 e. The van der Waals surface area contributed by atoms with Crippen molar-refractivity contribution in [1.82, 2.24) is 0 Å². The van der Waals surface area contributed by atoms with Crippen molar-refractivity contribution in [2.45, 2.75) is 130 Å². The van der Waals surface area contributed by atoms with Gasteiger partial charge in [-0.2, -0.15) is 0 Å². The molecule has 0 aliphatic heterocycles. The molecule has 0 amide bonds. The van der Waals surface area contributed by atoms with Gasteiger partial charge >= 0.3 is 6.16 Å². The van der Waals surface area contributed by atoms with Gasteiger partial charge in [0.1, 0.15) is 6.10 Å². The van der Waals surface area contributed by atoms with Gasteiger partial charge in [0.2, 0.25) is 0 Å². The summed E-state index contributed by atoms with van der Waals surface area (Å²) in [6.45, 7) is 14.0. The van der Waals surface area contributed by atoms with Crippen LogP contribution in [0.3, 0.4) is 0 Å². The van der Waals surface area contributed by atoms with Gasteiger partial charge in [-0.05, 0) is 92.8 Å². The van der Waals surface area contributed by atoms with Crippen LogP contribution in [0.1, 0.15) is 112 Å². The lowest BCUT2D eigenvalue weighted by Gasteiger charge is -2.65. The molecule has 0 unspecified atom stereocenters. The summed E-state index contributed by atoms with van der Waals surface area (Å²) in [4.78, 5) is 11.9. The van der Waals surface area contributed by atoms with E-state index in [4.69, 9.17) is 9.47 Å². The van der Waals surface area contributed by atoms with Crippen LogP contribution in [-0.4, -0.2) is 40.8 Å². The molecule has 10 atom stereocenters. The molecule has 0 spiro atoms. The molecule has 35 heavy (non-hydrogen) atoms. The third-order valence-corrected chi connectivity index (χ3v) is 11.5. The average Bonchev–Trinajstić information content (AvgIpc) is 3.13. The molecule has 4 rings (SSSR count). The Kier molecular flexibility index (Phi) is 7.90. The Labute approximate surface area is 213 Å². The Hall–Kier alpha value is -0.810. The van der Waals surface area contributed by atoms with Gasteiger partial charge in [-0.25, -0.2) is 4.79 Å². The molecule has 0 saturated heterocycles. The summed E-state index contributed by atoms with van der Waals surface area (Å²) in [6, 6.07) is 0. The second-order valence-corrected chi connectivity index (χ2v) is 13.7. The molecule has 4 aliphatic rings. The molecule has 4 aliphatic carbocycles. The number of rotatable bonds is 7. The van der Waals surface area contributed by atoms with Gasteiger partial charge in [-0.15, -0.1) is 0 Å². The molecular weight excluding hydrogens is 440 g/mol. The Morgan fingerprint density at radius 3 is 2.46 bits per heavy atom. The highest BCUT2D eigenvalue weighted by atomic mass is 16.7. The summed E-state index contributed by atoms with van der Waals surface area (Å²) in [5, 5.41) is 23.4. The van der Waals surface area contributed by atoms with E-state index in [-0.39, 0.29) is 12.0 Å². The van der Waals surface area contributed by atoms with Gasteiger partial charge in [0.25, 0.3) is 0 Å². The summed E-state index contributed by atoms with van der Waals surface area (Å²) in [6.07, 6.45) is 9.63. The quantitative estimate of drug-likeness (QED) is 0.385. The molecule has 4 fully saturated rings. The normalized spacial score (nSPS) is 45.9. The zero-order valence-corrected chi connectivity index (χ0v) is 23.2. The Morgan fingerprint density at radius 1 is 1.03 bits per heavy atom. The number of hydrogen-bond acceptors (Lipinski definition) is 5. The maximum Gasteiger partial charge on any atom is 0.508 e. The van der Waals surface area contributed by atoms with Gasteiger partial charge in [-0.3, -0.25) is 0 Å². The first-order valence-corrected chi connectivity index (χ1v) is 14.7. The Morgan fingerprint density at radius 2 is 1.77 bits per heavy atom. The zero-order chi connectivity index (χ0) is 25.6. The monoisotopic (exact) mass is 492 g/mol. The SMILES string of the molecule is CCOC(=O)O[C@H]1CC[C@]2(C)[C@@H]3CC[C@]4(C)[C@H](CC[C@H]4[C@H](C)CCCC(C)C)[C@H]3C[C@H](O)[C@@]2(O)C1. The highest BCUT2D eigenvalue weighted by Crippen LogP contribution is 2.69. The van der Waals surface area contributed by atoms with Crippen molar-refractivity contribution < 1.29 is 24.5 Å². The lowest BCUT2D eigenvalue weighted by Crippen LogP contribution is -2.68. The minimum absolute atomic E-state index is 0.275. The number of aliphatic hydroxyl groups excluding tert-OH is 1. The van der Waals surface area contributed by atoms with E-state index in [1.54, 1.807) is 6.92 Å². The second kappa shape index (κ2) is 10.2. The molecular formula is C30H52O5. The molecule has 4 saturated carbocycles. The van der Waals surface area contributed by atoms with Crippen LogP contribution in [0, 0.1) is 46.3 Å². The molecule has 0 aromatic heterocycles. The summed E-state index contributed by atoms with van der Waals surface area (Å²) in [7, 11) is 0. The first kappa shape index (κ1) is 27.2. The number of hydrogen-bond donors (Lipinski definition) is 2. The molecule has 0 aromatic rings. The van der Waals surface area contributed by atoms with Gasteiger partial charge in [-0.1, -0.05) is 53.9 Å². The minimum Gasteiger partial charge on any atom is -0.435 e. The third kappa shape index (κ3) is 4.67. The predicted molar refractivity (Wildman–Crippen MR) is 138 cm³/mol. The second-order valence-electron chi connectivity index (χ2n) is 13.7. The summed E-state index contributed by atoms with van der Waals surface area (Å²) in [5.41, 5.74) is -1.19. The summed E-state index contributed by atoms with van der Waals surface area (Å²) < 4.78 is 10.5. The molecule has 0 heterocycles. The van der Waals surface area contributed by atoms with Crippen LogP contribution in [0.5, 0.6) is 0 Å². The molecule has 2 N–H and O–H groups in total. The van der Waals surface area contributed by atoms with Crippen molar-refractivity contribution in [2.75, 3.05) is 6.61 Å². The Bertz CT molecular complexity index is 753. The van der Waals surface area contributed by atoms with Crippen molar-refractivity contribution in [3.8, 4) is 0 Å². The topological polar surface area (TPSA) is 76.0 Å². The largest absolute Gasteiger partial charge is 0.508 e. The minimum atomic E-state index is -1.21. The van der Waals surface area contributed by atoms with Crippen LogP contribution in [0.4, 0.5) is 4.79 Å². The van der Waals surface area contributed by atoms with Crippen LogP contribution < -0.4 is 0 Å². The van der Waals surface area contributed by atoms with Crippen molar-refractivity contribution in [3.63, 3.8) is 0 Å². The maximum atomic E-state index is 12.0. The van der Waals surface area contributed by atoms with Gasteiger partial charge in [0.15, 0.2) is 0 Å². The molecule has 0 aromatic carbocycles. The fourth-order valence-corrected chi connectivity index (χ4v) is 9.66. The maximum absolute atomic E-state index is 12.0. The summed E-state index contributed by atoms with van der Waals surface area (Å²) >= 11 is 0. The number of ether oxygens (including phenoxy) is 2. The lowest BCUT2D eigenvalue weighted by molar-refractivity contribution is -0.265. The van der Waals surface area contributed by atoms with Crippen LogP contribution in [0.2, 0.25) is 0 Å². The molecule has 202 valence electrons. The van der Waals surface area contributed by atoms with E-state index in [1.807, 2.05) is 0 Å².